The molecule has 1 atom stereocenters. The first-order chi connectivity index (χ1) is 10.3. The summed E-state index contributed by atoms with van der Waals surface area (Å²) in [5.74, 6) is 0.0505. The van der Waals surface area contributed by atoms with E-state index in [2.05, 4.69) is 0 Å². The Balaban J connectivity index is 1.88. The molecule has 2 heterocycles. The molecule has 2 aliphatic heterocycles. The maximum Gasteiger partial charge on any atom is 0.497 e. The van der Waals surface area contributed by atoms with E-state index in [0.717, 1.165) is 25.0 Å². The van der Waals surface area contributed by atoms with Crippen molar-refractivity contribution >= 4 is 12.6 Å². The molecule has 0 aromatic heterocycles. The largest absolute Gasteiger partial charge is 0.497 e. The van der Waals surface area contributed by atoms with Crippen LogP contribution in [0.3, 0.4) is 0 Å². The van der Waals surface area contributed by atoms with Crippen molar-refractivity contribution in [3.63, 3.8) is 0 Å². The Bertz CT molecular complexity index is 537. The summed E-state index contributed by atoms with van der Waals surface area (Å²) in [6, 6.07) is 5.25. The Morgan fingerprint density at radius 3 is 2.41 bits per heavy atom. The van der Waals surface area contributed by atoms with Crippen molar-refractivity contribution in [2.24, 2.45) is 0 Å². The molecule has 2 aliphatic rings. The molecule has 2 fully saturated rings. The van der Waals surface area contributed by atoms with Crippen molar-refractivity contribution in [1.29, 1.82) is 0 Å². The molecule has 0 radical (unpaired) electrons. The Morgan fingerprint density at radius 1 is 1.14 bits per heavy atom. The fraction of sp³-hybridized carbons (Fsp3) is 0.647. The van der Waals surface area contributed by atoms with Gasteiger partial charge in [-0.25, -0.2) is 4.39 Å². The number of halogens is 1. The Hall–Kier alpha value is -0.905. The molecule has 3 rings (SSSR count). The molecular formula is C17H24BFO3. The van der Waals surface area contributed by atoms with E-state index >= 15 is 0 Å². The topological polar surface area (TPSA) is 27.7 Å². The second kappa shape index (κ2) is 5.62. The molecule has 22 heavy (non-hydrogen) atoms. The van der Waals surface area contributed by atoms with Gasteiger partial charge in [0.2, 0.25) is 0 Å². The van der Waals surface area contributed by atoms with E-state index < -0.39 is 18.3 Å². The molecule has 0 saturated carbocycles. The smallest absolute Gasteiger partial charge is 0.399 e. The Kier molecular flexibility index (Phi) is 4.08. The van der Waals surface area contributed by atoms with E-state index in [1.165, 1.54) is 6.07 Å². The number of hydrogen-bond donors (Lipinski definition) is 0. The summed E-state index contributed by atoms with van der Waals surface area (Å²) in [4.78, 5) is 0. The molecule has 2 saturated heterocycles. The molecule has 0 bridgehead atoms. The fourth-order valence-corrected chi connectivity index (χ4v) is 2.97. The third-order valence-electron chi connectivity index (χ3n) is 5.16. The van der Waals surface area contributed by atoms with E-state index in [4.69, 9.17) is 14.0 Å². The van der Waals surface area contributed by atoms with Crippen LogP contribution in [0, 0.1) is 5.82 Å². The molecule has 120 valence electrons. The molecule has 1 aromatic carbocycles. The van der Waals surface area contributed by atoms with Gasteiger partial charge in [0.25, 0.3) is 0 Å². The summed E-state index contributed by atoms with van der Waals surface area (Å²) >= 11 is 0. The number of hydrogen-bond acceptors (Lipinski definition) is 3. The van der Waals surface area contributed by atoms with Gasteiger partial charge in [-0.2, -0.15) is 0 Å². The van der Waals surface area contributed by atoms with Crippen molar-refractivity contribution in [2.45, 2.75) is 57.7 Å². The van der Waals surface area contributed by atoms with E-state index in [9.17, 15) is 4.39 Å². The highest BCUT2D eigenvalue weighted by Gasteiger charge is 2.52. The minimum atomic E-state index is -0.658. The molecule has 5 heteroatoms. The quantitative estimate of drug-likeness (QED) is 0.786. The minimum absolute atomic E-state index is 0.279. The molecule has 1 unspecified atom stereocenters. The van der Waals surface area contributed by atoms with Crippen LogP contribution < -0.4 is 5.46 Å². The summed E-state index contributed by atoms with van der Waals surface area (Å²) in [6.45, 7) is 9.43. The van der Waals surface area contributed by atoms with Gasteiger partial charge in [-0.15, -0.1) is 0 Å². The lowest BCUT2D eigenvalue weighted by Crippen LogP contribution is -2.41. The fourth-order valence-electron chi connectivity index (χ4n) is 2.97. The van der Waals surface area contributed by atoms with Gasteiger partial charge >= 0.3 is 7.12 Å². The zero-order chi connectivity index (χ0) is 16.0. The third-order valence-corrected chi connectivity index (χ3v) is 5.16. The van der Waals surface area contributed by atoms with Crippen LogP contribution >= 0.6 is 0 Å². The molecule has 1 aromatic rings. The predicted molar refractivity (Wildman–Crippen MR) is 84.9 cm³/mol. The monoisotopic (exact) mass is 306 g/mol. The molecule has 0 aliphatic carbocycles. The maximum absolute atomic E-state index is 14.3. The van der Waals surface area contributed by atoms with E-state index in [0.29, 0.717) is 18.0 Å². The first-order valence-electron chi connectivity index (χ1n) is 8.03. The van der Waals surface area contributed by atoms with Gasteiger partial charge in [-0.1, -0.05) is 12.1 Å². The van der Waals surface area contributed by atoms with Crippen LogP contribution in [-0.4, -0.2) is 31.5 Å². The van der Waals surface area contributed by atoms with Gasteiger partial charge in [0, 0.05) is 18.0 Å². The standard InChI is InChI=1S/C17H24BFO3/c1-16(2)17(3,4)22-18(21-16)14-10-12(7-8-15(14)19)13-6-5-9-20-11-13/h7-8,10,13H,5-6,9,11H2,1-4H3. The van der Waals surface area contributed by atoms with Crippen molar-refractivity contribution in [3.05, 3.63) is 29.6 Å². The lowest BCUT2D eigenvalue weighted by molar-refractivity contribution is 0.00578. The summed E-state index contributed by atoms with van der Waals surface area (Å²) in [5.41, 5.74) is 0.662. The molecule has 0 spiro atoms. The number of ether oxygens (including phenoxy) is 1. The predicted octanol–water partition coefficient (Wildman–Crippen LogP) is 3.02. The van der Waals surface area contributed by atoms with Gasteiger partial charge in [0.1, 0.15) is 5.82 Å². The van der Waals surface area contributed by atoms with Crippen LogP contribution in [0.25, 0.3) is 0 Å². The highest BCUT2D eigenvalue weighted by atomic mass is 19.1. The maximum atomic E-state index is 14.3. The van der Waals surface area contributed by atoms with Crippen LogP contribution in [0.4, 0.5) is 4.39 Å². The van der Waals surface area contributed by atoms with Crippen LogP contribution in [0.15, 0.2) is 18.2 Å². The van der Waals surface area contributed by atoms with Crippen LogP contribution in [0.2, 0.25) is 0 Å². The highest BCUT2D eigenvalue weighted by molar-refractivity contribution is 6.62. The van der Waals surface area contributed by atoms with E-state index in [1.807, 2.05) is 39.8 Å². The molecule has 3 nitrogen and oxygen atoms in total. The van der Waals surface area contributed by atoms with Gasteiger partial charge in [0.15, 0.2) is 0 Å². The van der Waals surface area contributed by atoms with Gasteiger partial charge in [0.05, 0.1) is 17.8 Å². The average molecular weight is 306 g/mol. The normalized spacial score (nSPS) is 27.1. The van der Waals surface area contributed by atoms with Crippen molar-refractivity contribution in [2.75, 3.05) is 13.2 Å². The summed E-state index contributed by atoms with van der Waals surface area (Å²) in [7, 11) is -0.658. The van der Waals surface area contributed by atoms with Gasteiger partial charge < -0.3 is 14.0 Å². The summed E-state index contributed by atoms with van der Waals surface area (Å²) in [6.07, 6.45) is 2.13. The molecule has 0 N–H and O–H groups in total. The van der Waals surface area contributed by atoms with Gasteiger partial charge in [-0.3, -0.25) is 0 Å². The first-order valence-corrected chi connectivity index (χ1v) is 8.03. The average Bonchev–Trinajstić information content (AvgIpc) is 2.69. The highest BCUT2D eigenvalue weighted by Crippen LogP contribution is 2.37. The second-order valence-electron chi connectivity index (χ2n) is 7.28. The molecule has 0 amide bonds. The lowest BCUT2D eigenvalue weighted by atomic mass is 9.76. The van der Waals surface area contributed by atoms with E-state index in [1.54, 1.807) is 0 Å². The van der Waals surface area contributed by atoms with Crippen molar-refractivity contribution in [1.82, 2.24) is 0 Å². The van der Waals surface area contributed by atoms with Crippen LogP contribution in [0.5, 0.6) is 0 Å². The SMILES string of the molecule is CC1(C)OB(c2cc(C3CCCOC3)ccc2F)OC1(C)C. The van der Waals surface area contributed by atoms with Crippen molar-refractivity contribution in [3.8, 4) is 0 Å². The van der Waals surface area contributed by atoms with Crippen LogP contribution in [-0.2, 0) is 14.0 Å². The number of benzene rings is 1. The first kappa shape index (κ1) is 16.0. The lowest BCUT2D eigenvalue weighted by Gasteiger charge is -2.32. The Labute approximate surface area is 132 Å². The van der Waals surface area contributed by atoms with E-state index in [-0.39, 0.29) is 5.82 Å². The minimum Gasteiger partial charge on any atom is -0.399 e. The zero-order valence-corrected chi connectivity index (χ0v) is 13.8. The van der Waals surface area contributed by atoms with Crippen molar-refractivity contribution < 1.29 is 18.4 Å². The third kappa shape index (κ3) is 2.82. The second-order valence-corrected chi connectivity index (χ2v) is 7.28. The summed E-state index contributed by atoms with van der Waals surface area (Å²) < 4.78 is 31.8. The Morgan fingerprint density at radius 2 is 1.82 bits per heavy atom. The van der Waals surface area contributed by atoms with Gasteiger partial charge in [-0.05, 0) is 52.2 Å². The zero-order valence-electron chi connectivity index (χ0n) is 13.8. The molecular weight excluding hydrogens is 282 g/mol. The van der Waals surface area contributed by atoms with Crippen LogP contribution in [0.1, 0.15) is 52.0 Å². The summed E-state index contributed by atoms with van der Waals surface area (Å²) in [5, 5.41) is 0. The number of rotatable bonds is 2.